The van der Waals surface area contributed by atoms with E-state index in [0.717, 1.165) is 5.56 Å². The minimum absolute atomic E-state index is 0.299. The first kappa shape index (κ1) is 9.59. The van der Waals surface area contributed by atoms with Crippen LogP contribution in [-0.2, 0) is 0 Å². The zero-order valence-electron chi connectivity index (χ0n) is 8.91. The first-order valence-electron chi connectivity index (χ1n) is 5.07. The van der Waals surface area contributed by atoms with E-state index in [0.29, 0.717) is 23.0 Å². The number of rotatable bonds is 1. The Bertz CT molecular complexity index is 673. The molecule has 6 heteroatoms. The van der Waals surface area contributed by atoms with Crippen LogP contribution in [0.1, 0.15) is 0 Å². The van der Waals surface area contributed by atoms with Gasteiger partial charge in [0.05, 0.1) is 0 Å². The van der Waals surface area contributed by atoms with Crippen LogP contribution in [0.25, 0.3) is 16.8 Å². The molecule has 0 saturated heterocycles. The Morgan fingerprint density at radius 2 is 1.82 bits per heavy atom. The van der Waals surface area contributed by atoms with Crippen molar-refractivity contribution in [2.24, 2.45) is 0 Å². The number of aromatic nitrogens is 4. The number of nitrogens with zero attached hydrogens (tertiary/aromatic N) is 4. The van der Waals surface area contributed by atoms with Gasteiger partial charge in [0.15, 0.2) is 5.82 Å². The zero-order valence-corrected chi connectivity index (χ0v) is 8.91. The second-order valence-electron chi connectivity index (χ2n) is 3.59. The van der Waals surface area contributed by atoms with Gasteiger partial charge in [0.2, 0.25) is 5.95 Å². The fourth-order valence-corrected chi connectivity index (χ4v) is 1.77. The van der Waals surface area contributed by atoms with E-state index >= 15 is 0 Å². The summed E-state index contributed by atoms with van der Waals surface area (Å²) in [5, 5.41) is 4.03. The predicted molar refractivity (Wildman–Crippen MR) is 65.0 cm³/mol. The van der Waals surface area contributed by atoms with E-state index in [1.54, 1.807) is 0 Å². The lowest BCUT2D eigenvalue weighted by molar-refractivity contribution is 0.908. The van der Waals surface area contributed by atoms with Crippen LogP contribution in [0.15, 0.2) is 36.7 Å². The lowest BCUT2D eigenvalue weighted by atomic mass is 10.1. The second kappa shape index (κ2) is 3.44. The molecule has 84 valence electrons. The predicted octanol–water partition coefficient (Wildman–Crippen LogP) is 0.956. The van der Waals surface area contributed by atoms with Crippen LogP contribution in [0.3, 0.4) is 0 Å². The van der Waals surface area contributed by atoms with Crippen LogP contribution < -0.4 is 11.5 Å². The number of imidazole rings is 1. The molecule has 4 N–H and O–H groups in total. The Balaban J connectivity index is 2.38. The number of benzene rings is 1. The van der Waals surface area contributed by atoms with E-state index in [4.69, 9.17) is 11.5 Å². The number of anilines is 2. The molecule has 0 spiro atoms. The highest BCUT2D eigenvalue weighted by molar-refractivity contribution is 5.86. The van der Waals surface area contributed by atoms with Crippen molar-refractivity contribution in [3.05, 3.63) is 36.7 Å². The van der Waals surface area contributed by atoms with Gasteiger partial charge in [0, 0.05) is 5.56 Å². The second-order valence-corrected chi connectivity index (χ2v) is 3.59. The summed E-state index contributed by atoms with van der Waals surface area (Å²) >= 11 is 0. The van der Waals surface area contributed by atoms with Crippen molar-refractivity contribution in [3.8, 4) is 11.3 Å². The molecule has 1 aromatic carbocycles. The van der Waals surface area contributed by atoms with Crippen molar-refractivity contribution < 1.29 is 0 Å². The van der Waals surface area contributed by atoms with Gasteiger partial charge in [-0.05, 0) is 0 Å². The fourth-order valence-electron chi connectivity index (χ4n) is 1.77. The van der Waals surface area contributed by atoms with E-state index in [1.165, 1.54) is 10.8 Å². The molecule has 0 aliphatic rings. The summed E-state index contributed by atoms with van der Waals surface area (Å²) < 4.78 is 1.49. The molecule has 0 aliphatic carbocycles. The van der Waals surface area contributed by atoms with Crippen LogP contribution in [0, 0.1) is 0 Å². The lowest BCUT2D eigenvalue weighted by Gasteiger charge is -1.99. The summed E-state index contributed by atoms with van der Waals surface area (Å²) in [6.45, 7) is 0. The molecule has 0 fully saturated rings. The van der Waals surface area contributed by atoms with E-state index in [2.05, 4.69) is 15.1 Å². The Morgan fingerprint density at radius 3 is 2.59 bits per heavy atom. The Hall–Kier alpha value is -2.63. The molecular formula is C11H10N6. The lowest BCUT2D eigenvalue weighted by Crippen LogP contribution is -2.01. The highest BCUT2D eigenvalue weighted by Crippen LogP contribution is 2.27. The van der Waals surface area contributed by atoms with E-state index in [1.807, 2.05) is 30.3 Å². The maximum Gasteiger partial charge on any atom is 0.222 e. The minimum Gasteiger partial charge on any atom is -0.382 e. The fraction of sp³-hybridized carbons (Fsp3) is 0. The maximum absolute atomic E-state index is 5.84. The monoisotopic (exact) mass is 226 g/mol. The highest BCUT2D eigenvalue weighted by Gasteiger charge is 2.14. The van der Waals surface area contributed by atoms with Crippen LogP contribution in [0.4, 0.5) is 11.8 Å². The maximum atomic E-state index is 5.84. The third-order valence-corrected chi connectivity index (χ3v) is 2.53. The molecule has 17 heavy (non-hydrogen) atoms. The quantitative estimate of drug-likeness (QED) is 0.644. The normalized spacial score (nSPS) is 10.8. The molecule has 0 bridgehead atoms. The molecule has 0 atom stereocenters. The van der Waals surface area contributed by atoms with Gasteiger partial charge in [-0.25, -0.2) is 9.97 Å². The number of fused-ring (bicyclic) bond motifs is 1. The molecule has 0 radical (unpaired) electrons. The van der Waals surface area contributed by atoms with Gasteiger partial charge in [-0.15, -0.1) is 0 Å². The molecule has 0 unspecified atom stereocenters. The van der Waals surface area contributed by atoms with Gasteiger partial charge in [-0.3, -0.25) is 0 Å². The van der Waals surface area contributed by atoms with E-state index in [-0.39, 0.29) is 0 Å². The average molecular weight is 226 g/mol. The first-order chi connectivity index (χ1) is 8.27. The Labute approximate surface area is 96.9 Å². The van der Waals surface area contributed by atoms with Gasteiger partial charge >= 0.3 is 0 Å². The summed E-state index contributed by atoms with van der Waals surface area (Å²) in [7, 11) is 0. The molecule has 3 rings (SSSR count). The van der Waals surface area contributed by atoms with Gasteiger partial charge in [0.25, 0.3) is 0 Å². The van der Waals surface area contributed by atoms with Crippen molar-refractivity contribution in [2.45, 2.75) is 0 Å². The average Bonchev–Trinajstić information content (AvgIpc) is 2.70. The number of nitrogen functional groups attached to an aromatic ring is 2. The summed E-state index contributed by atoms with van der Waals surface area (Å²) in [5.74, 6) is 0.663. The van der Waals surface area contributed by atoms with E-state index < -0.39 is 0 Å². The van der Waals surface area contributed by atoms with Gasteiger partial charge in [0.1, 0.15) is 17.5 Å². The molecule has 0 amide bonds. The Morgan fingerprint density at radius 1 is 1.06 bits per heavy atom. The third-order valence-electron chi connectivity index (χ3n) is 2.53. The number of hydrogen-bond acceptors (Lipinski definition) is 5. The van der Waals surface area contributed by atoms with Gasteiger partial charge in [-0.1, -0.05) is 30.3 Å². The van der Waals surface area contributed by atoms with Gasteiger partial charge in [-0.2, -0.15) is 9.61 Å². The summed E-state index contributed by atoms with van der Waals surface area (Å²) in [4.78, 5) is 8.24. The van der Waals surface area contributed by atoms with Crippen LogP contribution in [-0.4, -0.2) is 19.6 Å². The van der Waals surface area contributed by atoms with Crippen LogP contribution in [0.5, 0.6) is 0 Å². The molecule has 0 saturated carbocycles. The minimum atomic E-state index is 0.299. The zero-order chi connectivity index (χ0) is 11.8. The van der Waals surface area contributed by atoms with Gasteiger partial charge < -0.3 is 11.5 Å². The van der Waals surface area contributed by atoms with Crippen molar-refractivity contribution >= 4 is 17.3 Å². The van der Waals surface area contributed by atoms with Crippen LogP contribution in [0.2, 0.25) is 0 Å². The number of nitrogens with two attached hydrogens (primary N) is 2. The Kier molecular flexibility index (Phi) is 1.94. The van der Waals surface area contributed by atoms with Crippen molar-refractivity contribution in [3.63, 3.8) is 0 Å². The summed E-state index contributed by atoms with van der Waals surface area (Å²) in [5.41, 5.74) is 13.9. The third kappa shape index (κ3) is 1.38. The largest absolute Gasteiger partial charge is 0.382 e. The molecule has 0 aliphatic heterocycles. The summed E-state index contributed by atoms with van der Waals surface area (Å²) in [6.07, 6.45) is 1.36. The molecule has 6 nitrogen and oxygen atoms in total. The van der Waals surface area contributed by atoms with Crippen molar-refractivity contribution in [2.75, 3.05) is 11.5 Å². The molecule has 2 heterocycles. The van der Waals surface area contributed by atoms with Crippen molar-refractivity contribution in [1.82, 2.24) is 19.6 Å². The van der Waals surface area contributed by atoms with Crippen LogP contribution >= 0.6 is 0 Å². The highest BCUT2D eigenvalue weighted by atomic mass is 15.3. The topological polar surface area (TPSA) is 95.1 Å². The summed E-state index contributed by atoms with van der Waals surface area (Å²) in [6, 6.07) is 9.67. The SMILES string of the molecule is Nc1ncnn2c(N)nc(-c3ccccc3)c12. The van der Waals surface area contributed by atoms with E-state index in [9.17, 15) is 0 Å². The molecule has 2 aromatic heterocycles. The standard InChI is InChI=1S/C11H10N6/c12-10-9-8(7-4-2-1-3-5-7)16-11(13)17(9)15-6-14-10/h1-6H,(H2,13,16)(H2,12,14,15). The van der Waals surface area contributed by atoms with Crippen molar-refractivity contribution in [1.29, 1.82) is 0 Å². The molecule has 3 aromatic rings. The number of hydrogen-bond donors (Lipinski definition) is 2. The first-order valence-corrected chi connectivity index (χ1v) is 5.07. The smallest absolute Gasteiger partial charge is 0.222 e. The molecular weight excluding hydrogens is 216 g/mol.